The average molecular weight is 311 g/mol. The summed E-state index contributed by atoms with van der Waals surface area (Å²) in [7, 11) is 0. The number of ether oxygens (including phenoxy) is 2. The first-order chi connectivity index (χ1) is 9.29. The van der Waals surface area contributed by atoms with Gasteiger partial charge in [-0.2, -0.15) is 13.2 Å². The summed E-state index contributed by atoms with van der Waals surface area (Å²) in [6.07, 6.45) is -3.99. The maximum absolute atomic E-state index is 11.8. The third-order valence-corrected chi connectivity index (χ3v) is 2.51. The minimum absolute atomic E-state index is 0.0429. The molecule has 0 saturated carbocycles. The summed E-state index contributed by atoms with van der Waals surface area (Å²) in [6, 6.07) is 4.62. The minimum Gasteiger partial charge on any atom is -0.493 e. The van der Waals surface area contributed by atoms with Crippen molar-refractivity contribution in [1.82, 2.24) is 0 Å². The molecule has 20 heavy (non-hydrogen) atoms. The number of nitrogen functional groups attached to an aromatic ring is 1. The highest BCUT2D eigenvalue weighted by atomic mass is 35.5. The highest BCUT2D eigenvalue weighted by molar-refractivity contribution is 6.34. The summed E-state index contributed by atoms with van der Waals surface area (Å²) in [5.74, 6) is 0.304. The molecule has 0 aliphatic heterocycles. The van der Waals surface area contributed by atoms with Gasteiger partial charge in [-0.05, 0) is 18.2 Å². The van der Waals surface area contributed by atoms with Crippen molar-refractivity contribution in [2.75, 3.05) is 19.8 Å². The number of nitrogens with one attached hydrogen (secondary N) is 1. The van der Waals surface area contributed by atoms with E-state index >= 15 is 0 Å². The predicted molar refractivity (Wildman–Crippen MR) is 69.5 cm³/mol. The Balaban J connectivity index is 2.29. The normalized spacial score (nSPS) is 11.4. The quantitative estimate of drug-likeness (QED) is 0.462. The number of benzene rings is 1. The number of amidine groups is 1. The van der Waals surface area contributed by atoms with E-state index in [1.807, 2.05) is 0 Å². The molecule has 1 aromatic carbocycles. The number of hydrogen-bond acceptors (Lipinski definition) is 3. The van der Waals surface area contributed by atoms with Crippen molar-refractivity contribution in [2.45, 2.75) is 12.6 Å². The third kappa shape index (κ3) is 6.12. The SMILES string of the molecule is N=C(N)c1ccc(OCCCOCC(F)(F)F)cc1Cl. The molecule has 0 fully saturated rings. The van der Waals surface area contributed by atoms with E-state index in [9.17, 15) is 13.2 Å². The second-order valence-corrected chi connectivity index (χ2v) is 4.33. The lowest BCUT2D eigenvalue weighted by Gasteiger charge is -2.10. The molecule has 0 bridgehead atoms. The van der Waals surface area contributed by atoms with Crippen molar-refractivity contribution in [3.05, 3.63) is 28.8 Å². The van der Waals surface area contributed by atoms with Gasteiger partial charge in [-0.25, -0.2) is 0 Å². The fourth-order valence-corrected chi connectivity index (χ4v) is 1.62. The highest BCUT2D eigenvalue weighted by Gasteiger charge is 2.27. The van der Waals surface area contributed by atoms with E-state index in [0.717, 1.165) is 0 Å². The Labute approximate surface area is 119 Å². The average Bonchev–Trinajstić information content (AvgIpc) is 2.32. The number of halogens is 4. The molecule has 0 unspecified atom stereocenters. The van der Waals surface area contributed by atoms with Crippen LogP contribution in [0.25, 0.3) is 0 Å². The van der Waals surface area contributed by atoms with Crippen LogP contribution in [0.3, 0.4) is 0 Å². The Kier molecular flexibility index (Phi) is 6.09. The van der Waals surface area contributed by atoms with Gasteiger partial charge in [-0.15, -0.1) is 0 Å². The first kappa shape index (κ1) is 16.6. The fourth-order valence-electron chi connectivity index (χ4n) is 1.34. The van der Waals surface area contributed by atoms with Crippen LogP contribution in [0.15, 0.2) is 18.2 Å². The summed E-state index contributed by atoms with van der Waals surface area (Å²) in [4.78, 5) is 0. The van der Waals surface area contributed by atoms with Gasteiger partial charge in [0.25, 0.3) is 0 Å². The van der Waals surface area contributed by atoms with Crippen molar-refractivity contribution in [2.24, 2.45) is 5.73 Å². The molecule has 0 amide bonds. The summed E-state index contributed by atoms with van der Waals surface area (Å²) < 4.78 is 45.1. The van der Waals surface area contributed by atoms with E-state index in [1.54, 1.807) is 12.1 Å². The highest BCUT2D eigenvalue weighted by Crippen LogP contribution is 2.22. The maximum Gasteiger partial charge on any atom is 0.411 e. The molecule has 8 heteroatoms. The number of hydrogen-bond donors (Lipinski definition) is 2. The summed E-state index contributed by atoms with van der Waals surface area (Å²) >= 11 is 5.89. The second-order valence-electron chi connectivity index (χ2n) is 3.93. The maximum atomic E-state index is 11.8. The Morgan fingerprint density at radius 1 is 1.30 bits per heavy atom. The standard InChI is InChI=1S/C12H14ClF3N2O2/c13-10-6-8(2-3-9(10)11(17)18)20-5-1-4-19-7-12(14,15)16/h2-3,6H,1,4-5,7H2,(H3,17,18). The molecular formula is C12H14ClF3N2O2. The Bertz CT molecular complexity index is 467. The van der Waals surface area contributed by atoms with E-state index in [4.69, 9.17) is 27.5 Å². The molecular weight excluding hydrogens is 297 g/mol. The minimum atomic E-state index is -4.31. The number of rotatable bonds is 7. The molecule has 0 aliphatic rings. The molecule has 0 saturated heterocycles. The van der Waals surface area contributed by atoms with Crippen LogP contribution in [-0.2, 0) is 4.74 Å². The molecule has 4 nitrogen and oxygen atoms in total. The van der Waals surface area contributed by atoms with Crippen LogP contribution in [-0.4, -0.2) is 31.8 Å². The van der Waals surface area contributed by atoms with Gasteiger partial charge in [-0.3, -0.25) is 5.41 Å². The van der Waals surface area contributed by atoms with Crippen molar-refractivity contribution >= 4 is 17.4 Å². The van der Waals surface area contributed by atoms with E-state index in [-0.39, 0.29) is 24.1 Å². The largest absolute Gasteiger partial charge is 0.493 e. The molecule has 0 spiro atoms. The van der Waals surface area contributed by atoms with Crippen LogP contribution in [0.1, 0.15) is 12.0 Å². The zero-order valence-electron chi connectivity index (χ0n) is 10.5. The lowest BCUT2D eigenvalue weighted by molar-refractivity contribution is -0.174. The van der Waals surface area contributed by atoms with Crippen LogP contribution in [0.2, 0.25) is 5.02 Å². The smallest absolute Gasteiger partial charge is 0.411 e. The van der Waals surface area contributed by atoms with Crippen molar-refractivity contribution in [1.29, 1.82) is 5.41 Å². The molecule has 0 aliphatic carbocycles. The fraction of sp³-hybridized carbons (Fsp3) is 0.417. The molecule has 112 valence electrons. The van der Waals surface area contributed by atoms with Crippen LogP contribution < -0.4 is 10.5 Å². The van der Waals surface area contributed by atoms with Crippen molar-refractivity contribution in [3.8, 4) is 5.75 Å². The van der Waals surface area contributed by atoms with Crippen LogP contribution in [0.5, 0.6) is 5.75 Å². The molecule has 0 atom stereocenters. The molecule has 0 heterocycles. The molecule has 0 radical (unpaired) electrons. The topological polar surface area (TPSA) is 68.3 Å². The van der Waals surface area contributed by atoms with Gasteiger partial charge < -0.3 is 15.2 Å². The van der Waals surface area contributed by atoms with E-state index in [0.29, 0.717) is 17.7 Å². The molecule has 1 rings (SSSR count). The Morgan fingerprint density at radius 2 is 2.00 bits per heavy atom. The van der Waals surface area contributed by atoms with Gasteiger partial charge in [0.05, 0.1) is 18.2 Å². The number of nitrogens with two attached hydrogens (primary N) is 1. The van der Waals surface area contributed by atoms with E-state index in [1.165, 1.54) is 6.07 Å². The first-order valence-electron chi connectivity index (χ1n) is 5.71. The van der Waals surface area contributed by atoms with Crippen molar-refractivity contribution in [3.63, 3.8) is 0 Å². The van der Waals surface area contributed by atoms with Crippen molar-refractivity contribution < 1.29 is 22.6 Å². The monoisotopic (exact) mass is 310 g/mol. The van der Waals surface area contributed by atoms with Crippen LogP contribution in [0.4, 0.5) is 13.2 Å². The summed E-state index contributed by atoms with van der Waals surface area (Å²) in [5, 5.41) is 7.54. The first-order valence-corrected chi connectivity index (χ1v) is 6.08. The van der Waals surface area contributed by atoms with Gasteiger partial charge in [-0.1, -0.05) is 11.6 Å². The second kappa shape index (κ2) is 7.35. The van der Waals surface area contributed by atoms with Gasteiger partial charge in [0.1, 0.15) is 18.2 Å². The number of alkyl halides is 3. The van der Waals surface area contributed by atoms with Gasteiger partial charge >= 0.3 is 6.18 Å². The zero-order chi connectivity index (χ0) is 15.2. The summed E-state index contributed by atoms with van der Waals surface area (Å²) in [6.45, 7) is -1.10. The Hall–Kier alpha value is -1.47. The van der Waals surface area contributed by atoms with Gasteiger partial charge in [0, 0.05) is 12.0 Å². The molecule has 1 aromatic rings. The molecule has 0 aromatic heterocycles. The zero-order valence-corrected chi connectivity index (χ0v) is 11.2. The van der Waals surface area contributed by atoms with E-state index in [2.05, 4.69) is 4.74 Å². The van der Waals surface area contributed by atoms with Gasteiger partial charge in [0.2, 0.25) is 0 Å². The lowest BCUT2D eigenvalue weighted by Crippen LogP contribution is -2.18. The van der Waals surface area contributed by atoms with E-state index < -0.39 is 12.8 Å². The Morgan fingerprint density at radius 3 is 2.55 bits per heavy atom. The lowest BCUT2D eigenvalue weighted by atomic mass is 10.2. The predicted octanol–water partition coefficient (Wildman–Crippen LogP) is 2.97. The van der Waals surface area contributed by atoms with Crippen LogP contribution >= 0.6 is 11.6 Å². The third-order valence-electron chi connectivity index (χ3n) is 2.20. The molecule has 3 N–H and O–H groups in total. The van der Waals surface area contributed by atoms with Crippen LogP contribution in [0, 0.1) is 5.41 Å². The van der Waals surface area contributed by atoms with Gasteiger partial charge in [0.15, 0.2) is 0 Å². The summed E-state index contributed by atoms with van der Waals surface area (Å²) in [5.41, 5.74) is 5.70.